The van der Waals surface area contributed by atoms with Gasteiger partial charge in [-0.05, 0) is 24.3 Å². The van der Waals surface area contributed by atoms with Crippen LogP contribution in [0.5, 0.6) is 0 Å². The number of ketones is 1. The molecule has 1 fully saturated rings. The van der Waals surface area contributed by atoms with Crippen molar-refractivity contribution in [3.05, 3.63) is 102 Å². The van der Waals surface area contributed by atoms with E-state index in [0.717, 1.165) is 0 Å². The summed E-state index contributed by atoms with van der Waals surface area (Å²) in [5, 5.41) is 0. The molecule has 0 atom stereocenters. The molecule has 7 heteroatoms. The number of benzene rings is 3. The SMILES string of the molecule is O=C(c1ccccc1)c1ccc(C(=O)N2CCN(S(=O)(=O)c3ccccc3)CC2)cc1. The molecular formula is C24H22N2O4S. The smallest absolute Gasteiger partial charge is 0.253 e. The fourth-order valence-corrected chi connectivity index (χ4v) is 5.02. The summed E-state index contributed by atoms with van der Waals surface area (Å²) in [4.78, 5) is 27.3. The van der Waals surface area contributed by atoms with Crippen LogP contribution in [0.4, 0.5) is 0 Å². The maximum Gasteiger partial charge on any atom is 0.253 e. The van der Waals surface area contributed by atoms with E-state index in [4.69, 9.17) is 0 Å². The zero-order valence-electron chi connectivity index (χ0n) is 16.8. The molecule has 0 aromatic heterocycles. The van der Waals surface area contributed by atoms with Crippen molar-refractivity contribution < 1.29 is 18.0 Å². The van der Waals surface area contributed by atoms with Crippen LogP contribution < -0.4 is 0 Å². The molecule has 0 aliphatic carbocycles. The third-order valence-electron chi connectivity index (χ3n) is 5.34. The lowest BCUT2D eigenvalue weighted by molar-refractivity contribution is 0.0697. The zero-order valence-corrected chi connectivity index (χ0v) is 17.7. The van der Waals surface area contributed by atoms with Crippen molar-refractivity contribution in [2.45, 2.75) is 4.90 Å². The molecule has 6 nitrogen and oxygen atoms in total. The number of piperazine rings is 1. The van der Waals surface area contributed by atoms with E-state index < -0.39 is 10.0 Å². The highest BCUT2D eigenvalue weighted by Crippen LogP contribution is 2.19. The maximum absolute atomic E-state index is 12.9. The molecule has 3 aromatic rings. The number of sulfonamides is 1. The highest BCUT2D eigenvalue weighted by atomic mass is 32.2. The van der Waals surface area contributed by atoms with Gasteiger partial charge >= 0.3 is 0 Å². The Morgan fingerprint density at radius 2 is 1.10 bits per heavy atom. The summed E-state index contributed by atoms with van der Waals surface area (Å²) in [7, 11) is -3.56. The van der Waals surface area contributed by atoms with E-state index in [1.54, 1.807) is 71.6 Å². The van der Waals surface area contributed by atoms with Crippen molar-refractivity contribution in [1.29, 1.82) is 0 Å². The first-order valence-electron chi connectivity index (χ1n) is 10.0. The van der Waals surface area contributed by atoms with Crippen molar-refractivity contribution in [3.8, 4) is 0 Å². The summed E-state index contributed by atoms with van der Waals surface area (Å²) in [5.74, 6) is -0.269. The Kier molecular flexibility index (Phi) is 5.97. The molecule has 1 aliphatic heterocycles. The summed E-state index contributed by atoms with van der Waals surface area (Å²) in [6, 6.07) is 23.9. The van der Waals surface area contributed by atoms with Gasteiger partial charge in [-0.15, -0.1) is 0 Å². The largest absolute Gasteiger partial charge is 0.336 e. The van der Waals surface area contributed by atoms with Crippen LogP contribution in [0, 0.1) is 0 Å². The Labute approximate surface area is 181 Å². The molecule has 31 heavy (non-hydrogen) atoms. The Hall–Kier alpha value is -3.29. The van der Waals surface area contributed by atoms with Gasteiger partial charge in [0.2, 0.25) is 10.0 Å². The minimum atomic E-state index is -3.56. The minimum Gasteiger partial charge on any atom is -0.336 e. The predicted molar refractivity (Wildman–Crippen MR) is 117 cm³/mol. The predicted octanol–water partition coefficient (Wildman–Crippen LogP) is 3.06. The standard InChI is InChI=1S/C24H22N2O4S/c27-23(19-7-3-1-4-8-19)20-11-13-21(14-12-20)24(28)25-15-17-26(18-16-25)31(29,30)22-9-5-2-6-10-22/h1-14H,15-18H2. The lowest BCUT2D eigenvalue weighted by atomic mass is 10.0. The second-order valence-corrected chi connectivity index (χ2v) is 9.22. The normalized spacial score (nSPS) is 14.9. The summed E-state index contributed by atoms with van der Waals surface area (Å²) in [6.07, 6.45) is 0. The first-order chi connectivity index (χ1) is 15.0. The van der Waals surface area contributed by atoms with Crippen molar-refractivity contribution in [2.24, 2.45) is 0 Å². The number of nitrogens with zero attached hydrogens (tertiary/aromatic N) is 2. The van der Waals surface area contributed by atoms with Crippen LogP contribution in [0.3, 0.4) is 0 Å². The van der Waals surface area contributed by atoms with Crippen molar-refractivity contribution in [3.63, 3.8) is 0 Å². The van der Waals surface area contributed by atoms with Gasteiger partial charge in [0, 0.05) is 42.9 Å². The van der Waals surface area contributed by atoms with E-state index in [2.05, 4.69) is 0 Å². The minimum absolute atomic E-state index is 0.0978. The molecule has 1 aliphatic rings. The molecule has 1 amide bonds. The molecular weight excluding hydrogens is 412 g/mol. The molecule has 4 rings (SSSR count). The fourth-order valence-electron chi connectivity index (χ4n) is 3.58. The fraction of sp³-hybridized carbons (Fsp3) is 0.167. The summed E-state index contributed by atoms with van der Waals surface area (Å²) in [6.45, 7) is 1.12. The number of hydrogen-bond donors (Lipinski definition) is 0. The number of amides is 1. The molecule has 1 heterocycles. The van der Waals surface area contributed by atoms with E-state index in [9.17, 15) is 18.0 Å². The Balaban J connectivity index is 1.40. The lowest BCUT2D eigenvalue weighted by Crippen LogP contribution is -2.50. The first-order valence-corrected chi connectivity index (χ1v) is 11.4. The van der Waals surface area contributed by atoms with E-state index in [-0.39, 0.29) is 29.7 Å². The second kappa shape index (κ2) is 8.83. The lowest BCUT2D eigenvalue weighted by Gasteiger charge is -2.34. The van der Waals surface area contributed by atoms with Gasteiger partial charge < -0.3 is 4.90 Å². The Bertz CT molecular complexity index is 1170. The van der Waals surface area contributed by atoms with Crippen LogP contribution in [0.1, 0.15) is 26.3 Å². The summed E-state index contributed by atoms with van der Waals surface area (Å²) < 4.78 is 26.9. The van der Waals surface area contributed by atoms with Gasteiger partial charge in [-0.25, -0.2) is 8.42 Å². The Morgan fingerprint density at radius 1 is 0.613 bits per heavy atom. The molecule has 0 unspecified atom stereocenters. The van der Waals surface area contributed by atoms with Crippen LogP contribution in [-0.2, 0) is 10.0 Å². The number of hydrogen-bond acceptors (Lipinski definition) is 4. The second-order valence-electron chi connectivity index (χ2n) is 7.28. The van der Waals surface area contributed by atoms with E-state index in [0.29, 0.717) is 29.8 Å². The first kappa shape index (κ1) is 21.0. The molecule has 0 N–H and O–H groups in total. The Morgan fingerprint density at radius 3 is 1.68 bits per heavy atom. The molecule has 1 saturated heterocycles. The van der Waals surface area contributed by atoms with Gasteiger partial charge in [0.1, 0.15) is 0 Å². The van der Waals surface area contributed by atoms with Gasteiger partial charge in [0.05, 0.1) is 4.90 Å². The third-order valence-corrected chi connectivity index (χ3v) is 7.25. The monoisotopic (exact) mass is 434 g/mol. The third kappa shape index (κ3) is 4.42. The molecule has 0 saturated carbocycles. The van der Waals surface area contributed by atoms with E-state index in [1.165, 1.54) is 4.31 Å². The molecule has 3 aromatic carbocycles. The van der Waals surface area contributed by atoms with Gasteiger partial charge in [-0.2, -0.15) is 4.31 Å². The van der Waals surface area contributed by atoms with E-state index in [1.807, 2.05) is 18.2 Å². The zero-order chi connectivity index (χ0) is 21.8. The molecule has 0 radical (unpaired) electrons. The maximum atomic E-state index is 12.9. The van der Waals surface area contributed by atoms with Crippen molar-refractivity contribution in [1.82, 2.24) is 9.21 Å². The number of rotatable bonds is 5. The van der Waals surface area contributed by atoms with Crippen LogP contribution in [0.2, 0.25) is 0 Å². The van der Waals surface area contributed by atoms with Crippen LogP contribution in [0.25, 0.3) is 0 Å². The van der Waals surface area contributed by atoms with Crippen LogP contribution in [-0.4, -0.2) is 55.5 Å². The van der Waals surface area contributed by atoms with Crippen molar-refractivity contribution in [2.75, 3.05) is 26.2 Å². The average Bonchev–Trinajstić information content (AvgIpc) is 2.84. The molecule has 0 bridgehead atoms. The topological polar surface area (TPSA) is 74.8 Å². The summed E-state index contributed by atoms with van der Waals surface area (Å²) in [5.41, 5.74) is 1.59. The molecule has 158 valence electrons. The molecule has 0 spiro atoms. The quantitative estimate of drug-likeness (QED) is 0.579. The van der Waals surface area contributed by atoms with Crippen molar-refractivity contribution >= 4 is 21.7 Å². The number of carbonyl (C=O) groups excluding carboxylic acids is 2. The summed E-state index contributed by atoms with van der Waals surface area (Å²) >= 11 is 0. The van der Waals surface area contributed by atoms with Gasteiger partial charge in [-0.1, -0.05) is 60.7 Å². The van der Waals surface area contributed by atoms with Gasteiger partial charge in [0.15, 0.2) is 5.78 Å². The van der Waals surface area contributed by atoms with Gasteiger partial charge in [0.25, 0.3) is 5.91 Å². The van der Waals surface area contributed by atoms with Crippen LogP contribution >= 0.6 is 0 Å². The average molecular weight is 435 g/mol. The highest BCUT2D eigenvalue weighted by Gasteiger charge is 2.30. The highest BCUT2D eigenvalue weighted by molar-refractivity contribution is 7.89. The van der Waals surface area contributed by atoms with Crippen LogP contribution in [0.15, 0.2) is 89.8 Å². The van der Waals surface area contributed by atoms with Gasteiger partial charge in [-0.3, -0.25) is 9.59 Å². The number of carbonyl (C=O) groups is 2. The van der Waals surface area contributed by atoms with E-state index >= 15 is 0 Å².